The Bertz CT molecular complexity index is 876. The molecule has 152 valence electrons. The monoisotopic (exact) mass is 391 g/mol. The van der Waals surface area contributed by atoms with E-state index in [2.05, 4.69) is 59.2 Å². The molecule has 29 heavy (non-hydrogen) atoms. The van der Waals surface area contributed by atoms with Gasteiger partial charge in [0.15, 0.2) is 0 Å². The van der Waals surface area contributed by atoms with Crippen LogP contribution in [0.3, 0.4) is 0 Å². The summed E-state index contributed by atoms with van der Waals surface area (Å²) in [6, 6.07) is 16.1. The van der Waals surface area contributed by atoms with Crippen molar-refractivity contribution in [1.82, 2.24) is 10.6 Å². The van der Waals surface area contributed by atoms with Gasteiger partial charge in [0.2, 0.25) is 5.91 Å². The summed E-state index contributed by atoms with van der Waals surface area (Å²) in [7, 11) is 0. The fourth-order valence-electron chi connectivity index (χ4n) is 5.19. The lowest BCUT2D eigenvalue weighted by atomic mass is 9.59. The molecule has 0 aromatic heterocycles. The second-order valence-corrected chi connectivity index (χ2v) is 8.72. The third kappa shape index (κ3) is 3.74. The number of primary amides is 1. The Morgan fingerprint density at radius 1 is 1.00 bits per heavy atom. The Labute approximate surface area is 172 Å². The molecule has 2 aromatic rings. The molecule has 0 aliphatic heterocycles. The van der Waals surface area contributed by atoms with Gasteiger partial charge in [-0.25, -0.2) is 4.79 Å². The molecule has 0 heterocycles. The van der Waals surface area contributed by atoms with E-state index in [1.54, 1.807) is 0 Å². The number of carbonyl (C=O) groups excluding carboxylic acids is 2. The molecule has 2 atom stereocenters. The summed E-state index contributed by atoms with van der Waals surface area (Å²) in [5.74, 6) is 1.13. The van der Waals surface area contributed by atoms with E-state index in [1.807, 2.05) is 13.8 Å². The van der Waals surface area contributed by atoms with E-state index < -0.39 is 12.1 Å². The first-order valence-electron chi connectivity index (χ1n) is 10.5. The van der Waals surface area contributed by atoms with E-state index in [0.717, 1.165) is 6.42 Å². The van der Waals surface area contributed by atoms with Crippen molar-refractivity contribution in [3.63, 3.8) is 0 Å². The molecule has 2 bridgehead atoms. The number of carbonyl (C=O) groups is 2. The van der Waals surface area contributed by atoms with Crippen LogP contribution in [0.1, 0.15) is 60.8 Å². The molecule has 0 fully saturated rings. The normalized spacial score (nSPS) is 22.5. The van der Waals surface area contributed by atoms with Gasteiger partial charge in [-0.15, -0.1) is 0 Å². The second-order valence-electron chi connectivity index (χ2n) is 8.72. The molecule has 0 saturated carbocycles. The predicted octanol–water partition coefficient (Wildman–Crippen LogP) is 3.48. The Kier molecular flexibility index (Phi) is 5.31. The first-order valence-corrected chi connectivity index (χ1v) is 10.5. The van der Waals surface area contributed by atoms with Crippen LogP contribution in [0.4, 0.5) is 4.79 Å². The highest BCUT2D eigenvalue weighted by atomic mass is 16.2. The van der Waals surface area contributed by atoms with Gasteiger partial charge in [0.05, 0.1) is 0 Å². The third-order valence-electron chi connectivity index (χ3n) is 6.30. The number of urea groups is 1. The minimum absolute atomic E-state index is 0.152. The van der Waals surface area contributed by atoms with Crippen LogP contribution in [-0.2, 0) is 4.79 Å². The SMILES string of the molecule is CC(C)CC(NC(N)=O)C(=O)NCC1CC2c3ccccc3C1c1ccccc12. The van der Waals surface area contributed by atoms with Gasteiger partial charge in [-0.2, -0.15) is 0 Å². The van der Waals surface area contributed by atoms with Crippen molar-refractivity contribution in [3.8, 4) is 0 Å². The fourth-order valence-corrected chi connectivity index (χ4v) is 5.19. The molecule has 3 aliphatic carbocycles. The van der Waals surface area contributed by atoms with Crippen LogP contribution in [0.5, 0.6) is 0 Å². The topological polar surface area (TPSA) is 84.2 Å². The van der Waals surface area contributed by atoms with Crippen LogP contribution in [-0.4, -0.2) is 24.5 Å². The highest BCUT2D eigenvalue weighted by Crippen LogP contribution is 2.55. The highest BCUT2D eigenvalue weighted by molar-refractivity contribution is 5.86. The summed E-state index contributed by atoms with van der Waals surface area (Å²) in [6.07, 6.45) is 1.59. The Balaban J connectivity index is 1.53. The lowest BCUT2D eigenvalue weighted by Gasteiger charge is -2.45. The van der Waals surface area contributed by atoms with Gasteiger partial charge in [0.1, 0.15) is 6.04 Å². The molecular formula is C24H29N3O2. The van der Waals surface area contributed by atoms with Crippen molar-refractivity contribution in [2.45, 2.75) is 44.6 Å². The van der Waals surface area contributed by atoms with E-state index in [-0.39, 0.29) is 11.8 Å². The predicted molar refractivity (Wildman–Crippen MR) is 114 cm³/mol. The molecule has 0 saturated heterocycles. The standard InChI is InChI=1S/C24H29N3O2/c1-14(2)11-21(27-24(25)29)23(28)26-13-15-12-20-16-7-3-5-9-18(16)22(15)19-10-6-4-8-17(19)20/h3-10,14-15,20-22H,11-13H2,1-2H3,(H,26,28)(H3,25,27,29). The van der Waals surface area contributed by atoms with E-state index in [4.69, 9.17) is 5.73 Å². The minimum atomic E-state index is -0.662. The molecule has 3 amide bonds. The van der Waals surface area contributed by atoms with Crippen LogP contribution in [0.15, 0.2) is 48.5 Å². The number of rotatable bonds is 6. The molecule has 3 aliphatic rings. The quantitative estimate of drug-likeness (QED) is 0.704. The number of benzene rings is 2. The lowest BCUT2D eigenvalue weighted by Crippen LogP contribution is -2.50. The summed E-state index contributed by atoms with van der Waals surface area (Å²) < 4.78 is 0. The number of fused-ring (bicyclic) bond motifs is 1. The van der Waals surface area contributed by atoms with Crippen LogP contribution < -0.4 is 16.4 Å². The van der Waals surface area contributed by atoms with Gasteiger partial charge in [0.25, 0.3) is 0 Å². The van der Waals surface area contributed by atoms with Crippen molar-refractivity contribution in [1.29, 1.82) is 0 Å². The zero-order valence-electron chi connectivity index (χ0n) is 17.0. The molecule has 0 radical (unpaired) electrons. The van der Waals surface area contributed by atoms with Gasteiger partial charge >= 0.3 is 6.03 Å². The van der Waals surface area contributed by atoms with Crippen molar-refractivity contribution in [3.05, 3.63) is 70.8 Å². The number of hydrogen-bond acceptors (Lipinski definition) is 2. The van der Waals surface area contributed by atoms with Crippen LogP contribution in [0.2, 0.25) is 0 Å². The summed E-state index contributed by atoms with van der Waals surface area (Å²) in [5.41, 5.74) is 10.9. The first kappa shape index (κ1) is 19.5. The maximum Gasteiger partial charge on any atom is 0.312 e. The van der Waals surface area contributed by atoms with Crippen LogP contribution >= 0.6 is 0 Å². The van der Waals surface area contributed by atoms with E-state index in [9.17, 15) is 9.59 Å². The van der Waals surface area contributed by atoms with Crippen LogP contribution in [0.25, 0.3) is 0 Å². The Morgan fingerprint density at radius 3 is 2.07 bits per heavy atom. The number of hydrogen-bond donors (Lipinski definition) is 3. The average Bonchev–Trinajstić information content (AvgIpc) is 2.71. The maximum atomic E-state index is 12.8. The number of nitrogens with one attached hydrogen (secondary N) is 2. The number of amides is 3. The van der Waals surface area contributed by atoms with E-state index in [0.29, 0.717) is 30.7 Å². The Morgan fingerprint density at radius 2 is 1.55 bits per heavy atom. The van der Waals surface area contributed by atoms with E-state index >= 15 is 0 Å². The van der Waals surface area contributed by atoms with Crippen molar-refractivity contribution in [2.75, 3.05) is 6.54 Å². The second kappa shape index (κ2) is 7.90. The molecular weight excluding hydrogens is 362 g/mol. The Hall–Kier alpha value is -2.82. The van der Waals surface area contributed by atoms with Crippen molar-refractivity contribution >= 4 is 11.9 Å². The summed E-state index contributed by atoms with van der Waals surface area (Å²) in [5, 5.41) is 5.69. The highest BCUT2D eigenvalue weighted by Gasteiger charge is 2.43. The van der Waals surface area contributed by atoms with Gasteiger partial charge in [-0.3, -0.25) is 4.79 Å². The third-order valence-corrected chi connectivity index (χ3v) is 6.30. The maximum absolute atomic E-state index is 12.8. The summed E-state index contributed by atoms with van der Waals surface area (Å²) >= 11 is 0. The smallest absolute Gasteiger partial charge is 0.312 e. The molecule has 4 N–H and O–H groups in total. The molecule has 5 heteroatoms. The van der Waals surface area contributed by atoms with Gasteiger partial charge in [-0.05, 0) is 46.9 Å². The van der Waals surface area contributed by atoms with Gasteiger partial charge in [-0.1, -0.05) is 62.4 Å². The first-order chi connectivity index (χ1) is 14.0. The lowest BCUT2D eigenvalue weighted by molar-refractivity contribution is -0.123. The molecule has 2 unspecified atom stereocenters. The largest absolute Gasteiger partial charge is 0.354 e. The molecule has 0 spiro atoms. The van der Waals surface area contributed by atoms with Crippen molar-refractivity contribution in [2.24, 2.45) is 17.6 Å². The van der Waals surface area contributed by atoms with Crippen LogP contribution in [0, 0.1) is 11.8 Å². The minimum Gasteiger partial charge on any atom is -0.354 e. The molecule has 2 aromatic carbocycles. The van der Waals surface area contributed by atoms with Gasteiger partial charge < -0.3 is 16.4 Å². The average molecular weight is 392 g/mol. The van der Waals surface area contributed by atoms with Crippen molar-refractivity contribution < 1.29 is 9.59 Å². The molecule has 5 nitrogen and oxygen atoms in total. The van der Waals surface area contributed by atoms with Gasteiger partial charge in [0, 0.05) is 18.4 Å². The van der Waals surface area contributed by atoms with E-state index in [1.165, 1.54) is 22.3 Å². The summed E-state index contributed by atoms with van der Waals surface area (Å²) in [6.45, 7) is 4.64. The summed E-state index contributed by atoms with van der Waals surface area (Å²) in [4.78, 5) is 24.1. The number of nitrogens with two attached hydrogens (primary N) is 1. The fraction of sp³-hybridized carbons (Fsp3) is 0.417. The zero-order valence-corrected chi connectivity index (χ0v) is 17.0. The molecule has 5 rings (SSSR count). The zero-order chi connectivity index (χ0) is 20.5.